The number of hydroxylamine groups is 1. The Kier molecular flexibility index (Phi) is 8.70. The first-order valence-corrected chi connectivity index (χ1v) is 10.2. The van der Waals surface area contributed by atoms with Crippen molar-refractivity contribution in [2.45, 2.75) is 45.1 Å². The molecule has 0 aliphatic rings. The molecule has 0 heterocycles. The summed E-state index contributed by atoms with van der Waals surface area (Å²) in [5.74, 6) is -2.41. The van der Waals surface area contributed by atoms with Crippen LogP contribution >= 0.6 is 0 Å². The van der Waals surface area contributed by atoms with Crippen LogP contribution in [0.3, 0.4) is 0 Å². The second-order valence-corrected chi connectivity index (χ2v) is 8.58. The molecule has 4 N–H and O–H groups in total. The van der Waals surface area contributed by atoms with Crippen LogP contribution in [0, 0.1) is 0 Å². The maximum absolute atomic E-state index is 12.5. The lowest BCUT2D eigenvalue weighted by molar-refractivity contribution is -0.139. The first kappa shape index (κ1) is 24.5. The Morgan fingerprint density at radius 1 is 1.14 bits per heavy atom. The van der Waals surface area contributed by atoms with Gasteiger partial charge in [-0.25, -0.2) is 4.79 Å². The molecular weight excluding hydrogens is 406 g/mol. The number of nitrogens with one attached hydrogen (secondary N) is 2. The first-order chi connectivity index (χ1) is 13.3. The minimum absolute atomic E-state index is 0.0403. The molecule has 0 spiro atoms. The van der Waals surface area contributed by atoms with E-state index in [1.807, 2.05) is 5.32 Å². The summed E-state index contributed by atoms with van der Waals surface area (Å²) in [5, 5.41) is 1.88. The van der Waals surface area contributed by atoms with Crippen molar-refractivity contribution in [3.63, 3.8) is 0 Å². The van der Waals surface area contributed by atoms with E-state index in [4.69, 9.17) is 15.3 Å². The molecule has 1 aromatic rings. The Hall–Kier alpha value is -2.54. The molecule has 0 bridgehead atoms. The molecule has 0 aliphatic carbocycles. The Balaban J connectivity index is 2.96. The number of hydrogen-bond donors (Lipinski definition) is 3. The molecule has 12 heteroatoms. The molecule has 29 heavy (non-hydrogen) atoms. The van der Waals surface area contributed by atoms with E-state index in [1.165, 1.54) is 0 Å². The van der Waals surface area contributed by atoms with E-state index < -0.39 is 45.8 Å². The molecule has 11 nitrogen and oxygen atoms in total. The number of nitrogens with two attached hydrogens (primary N) is 1. The smallest absolute Gasteiger partial charge is 0.414 e. The average molecular weight is 431 g/mol. The van der Waals surface area contributed by atoms with Gasteiger partial charge in [0.05, 0.1) is 12.9 Å². The third-order valence-electron chi connectivity index (χ3n) is 3.06. The fourth-order valence-corrected chi connectivity index (χ4v) is 2.56. The largest absolute Gasteiger partial charge is 0.444 e. The highest BCUT2D eigenvalue weighted by atomic mass is 32.2. The summed E-state index contributed by atoms with van der Waals surface area (Å²) in [6.45, 7) is 4.69. The first-order valence-electron chi connectivity index (χ1n) is 8.41. The van der Waals surface area contributed by atoms with Gasteiger partial charge >= 0.3 is 6.09 Å². The maximum atomic E-state index is 12.5. The monoisotopic (exact) mass is 431 g/mol. The van der Waals surface area contributed by atoms with Crippen molar-refractivity contribution in [2.24, 2.45) is 5.73 Å². The molecule has 3 amide bonds. The van der Waals surface area contributed by atoms with Gasteiger partial charge in [0.1, 0.15) is 11.6 Å². The molecular formula is C17H25N3O8S. The number of primary amides is 1. The van der Waals surface area contributed by atoms with Crippen molar-refractivity contribution in [3.05, 3.63) is 35.9 Å². The third-order valence-corrected chi connectivity index (χ3v) is 3.62. The topological polar surface area (TPSA) is 163 Å². The van der Waals surface area contributed by atoms with Crippen LogP contribution in [0.1, 0.15) is 26.3 Å². The van der Waals surface area contributed by atoms with Gasteiger partial charge in [-0.1, -0.05) is 30.3 Å². The van der Waals surface area contributed by atoms with Crippen molar-refractivity contribution < 1.29 is 36.6 Å². The lowest BCUT2D eigenvalue weighted by atomic mass is 10.1. The molecule has 1 rings (SSSR count). The van der Waals surface area contributed by atoms with Gasteiger partial charge in [0.15, 0.2) is 6.10 Å². The standard InChI is InChI=1S/C17H25N3O8S/c1-17(2,3)27-16(23)19-15(22)12(13(14(18)21)28-29(4,24)25)20-26-10-11-8-6-5-7-9-11/h5-9,12-13,20H,10H2,1-4H3,(H2,18,21)(H,19,22,23)/t12-,13?/m0/s1. The highest BCUT2D eigenvalue weighted by Crippen LogP contribution is 2.09. The maximum Gasteiger partial charge on any atom is 0.414 e. The van der Waals surface area contributed by atoms with Crippen LogP contribution < -0.4 is 16.5 Å². The number of rotatable bonds is 9. The van der Waals surface area contributed by atoms with Crippen LogP contribution in [0.25, 0.3) is 0 Å². The van der Waals surface area contributed by atoms with E-state index in [0.29, 0.717) is 11.8 Å². The zero-order valence-electron chi connectivity index (χ0n) is 16.5. The molecule has 0 saturated carbocycles. The Labute approximate surface area is 168 Å². The van der Waals surface area contributed by atoms with Crippen LogP contribution in [0.5, 0.6) is 0 Å². The van der Waals surface area contributed by atoms with Crippen molar-refractivity contribution in [1.82, 2.24) is 10.8 Å². The molecule has 162 valence electrons. The number of benzene rings is 1. The van der Waals surface area contributed by atoms with Crippen LogP contribution in [0.2, 0.25) is 0 Å². The van der Waals surface area contributed by atoms with Crippen LogP contribution in [-0.2, 0) is 40.1 Å². The predicted molar refractivity (Wildman–Crippen MR) is 101 cm³/mol. The van der Waals surface area contributed by atoms with Gasteiger partial charge in [-0.15, -0.1) is 0 Å². The van der Waals surface area contributed by atoms with Gasteiger partial charge < -0.3 is 10.5 Å². The van der Waals surface area contributed by atoms with Gasteiger partial charge in [0.25, 0.3) is 16.0 Å². The molecule has 0 radical (unpaired) electrons. The van der Waals surface area contributed by atoms with E-state index in [-0.39, 0.29) is 6.61 Å². The average Bonchev–Trinajstić information content (AvgIpc) is 2.55. The quantitative estimate of drug-likeness (QED) is 0.359. The van der Waals surface area contributed by atoms with Crippen molar-refractivity contribution >= 4 is 28.0 Å². The second-order valence-electron chi connectivity index (χ2n) is 6.98. The minimum atomic E-state index is -4.17. The van der Waals surface area contributed by atoms with Gasteiger partial charge in [-0.2, -0.15) is 13.9 Å². The van der Waals surface area contributed by atoms with E-state index >= 15 is 0 Å². The number of hydrogen-bond acceptors (Lipinski definition) is 9. The molecule has 0 aliphatic heterocycles. The van der Waals surface area contributed by atoms with Crippen molar-refractivity contribution in [3.8, 4) is 0 Å². The molecule has 1 unspecified atom stereocenters. The number of ether oxygens (including phenoxy) is 1. The fourth-order valence-electron chi connectivity index (χ4n) is 1.98. The lowest BCUT2D eigenvalue weighted by Gasteiger charge is -2.24. The van der Waals surface area contributed by atoms with E-state index in [0.717, 1.165) is 0 Å². The van der Waals surface area contributed by atoms with Gasteiger partial charge in [0.2, 0.25) is 5.91 Å². The van der Waals surface area contributed by atoms with E-state index in [2.05, 4.69) is 9.66 Å². The number of carbonyl (C=O) groups excluding carboxylic acids is 3. The molecule has 0 saturated heterocycles. The van der Waals surface area contributed by atoms with Gasteiger partial charge in [0, 0.05) is 0 Å². The Morgan fingerprint density at radius 2 is 1.72 bits per heavy atom. The Morgan fingerprint density at radius 3 is 2.21 bits per heavy atom. The summed E-state index contributed by atoms with van der Waals surface area (Å²) < 4.78 is 32.5. The summed E-state index contributed by atoms with van der Waals surface area (Å²) >= 11 is 0. The van der Waals surface area contributed by atoms with E-state index in [1.54, 1.807) is 51.1 Å². The summed E-state index contributed by atoms with van der Waals surface area (Å²) in [6, 6.07) is 7.00. The third kappa shape index (κ3) is 9.99. The zero-order chi connectivity index (χ0) is 22.2. The zero-order valence-corrected chi connectivity index (χ0v) is 17.3. The van der Waals surface area contributed by atoms with Crippen molar-refractivity contribution in [2.75, 3.05) is 6.26 Å². The highest BCUT2D eigenvalue weighted by Gasteiger charge is 2.38. The Bertz CT molecular complexity index is 821. The van der Waals surface area contributed by atoms with E-state index in [9.17, 15) is 22.8 Å². The number of carbonyl (C=O) groups is 3. The van der Waals surface area contributed by atoms with Crippen LogP contribution in [-0.4, -0.2) is 50.3 Å². The predicted octanol–water partition coefficient (Wildman–Crippen LogP) is -0.0422. The van der Waals surface area contributed by atoms with Crippen LogP contribution in [0.4, 0.5) is 4.79 Å². The second kappa shape index (κ2) is 10.3. The summed E-state index contributed by atoms with van der Waals surface area (Å²) in [7, 11) is -4.17. The lowest BCUT2D eigenvalue weighted by Crippen LogP contribution is -2.58. The minimum Gasteiger partial charge on any atom is -0.444 e. The molecule has 1 aromatic carbocycles. The van der Waals surface area contributed by atoms with Crippen molar-refractivity contribution in [1.29, 1.82) is 0 Å². The highest BCUT2D eigenvalue weighted by molar-refractivity contribution is 7.86. The number of amides is 3. The number of alkyl carbamates (subject to hydrolysis) is 1. The van der Waals surface area contributed by atoms with Crippen LogP contribution in [0.15, 0.2) is 30.3 Å². The van der Waals surface area contributed by atoms with Gasteiger partial charge in [-0.3, -0.25) is 23.9 Å². The summed E-state index contributed by atoms with van der Waals surface area (Å²) in [6.07, 6.45) is -2.42. The summed E-state index contributed by atoms with van der Waals surface area (Å²) in [5.41, 5.74) is 7.22. The van der Waals surface area contributed by atoms with Gasteiger partial charge in [-0.05, 0) is 26.3 Å². The summed E-state index contributed by atoms with van der Waals surface area (Å²) in [4.78, 5) is 41.2. The molecule has 0 aromatic heterocycles. The normalized spacial score (nSPS) is 13.9. The molecule has 2 atom stereocenters. The fraction of sp³-hybridized carbons (Fsp3) is 0.471. The molecule has 0 fully saturated rings. The number of imide groups is 1. The SMILES string of the molecule is CC(C)(C)OC(=O)NC(=O)[C@@H](NOCc1ccccc1)C(OS(C)(=O)=O)C(N)=O.